The fourth-order valence-corrected chi connectivity index (χ4v) is 3.78. The molecular formula is C17H29N5O2. The summed E-state index contributed by atoms with van der Waals surface area (Å²) in [7, 11) is 1.81. The van der Waals surface area contributed by atoms with Crippen LogP contribution in [0.1, 0.15) is 44.8 Å². The molecule has 0 bridgehead atoms. The maximum atomic E-state index is 12.7. The maximum absolute atomic E-state index is 12.7. The van der Waals surface area contributed by atoms with E-state index < -0.39 is 0 Å². The Morgan fingerprint density at radius 3 is 2.88 bits per heavy atom. The van der Waals surface area contributed by atoms with Crippen molar-refractivity contribution < 1.29 is 9.32 Å². The van der Waals surface area contributed by atoms with Crippen molar-refractivity contribution in [3.8, 4) is 0 Å². The second-order valence-electron chi connectivity index (χ2n) is 7.78. The summed E-state index contributed by atoms with van der Waals surface area (Å²) in [6, 6.07) is -0.0915. The van der Waals surface area contributed by atoms with Crippen LogP contribution in [-0.2, 0) is 17.8 Å². The molecule has 2 fully saturated rings. The van der Waals surface area contributed by atoms with Crippen LogP contribution in [0.3, 0.4) is 0 Å². The number of likely N-dealkylation sites (N-methyl/N-ethyl adjacent to an activating group) is 1. The number of nitrogens with one attached hydrogen (secondary N) is 2. The van der Waals surface area contributed by atoms with Crippen LogP contribution in [0.4, 0.5) is 0 Å². The summed E-state index contributed by atoms with van der Waals surface area (Å²) in [5.41, 5.74) is 0.293. The average molecular weight is 335 g/mol. The van der Waals surface area contributed by atoms with Crippen LogP contribution in [-0.4, -0.2) is 53.7 Å². The maximum Gasteiger partial charge on any atom is 0.246 e. The summed E-state index contributed by atoms with van der Waals surface area (Å²) >= 11 is 0. The molecule has 1 spiro atoms. The van der Waals surface area contributed by atoms with E-state index in [1.54, 1.807) is 4.90 Å². The molecule has 2 aliphatic heterocycles. The molecule has 1 atom stereocenters. The number of aromatic nitrogens is 2. The topological polar surface area (TPSA) is 83.3 Å². The van der Waals surface area contributed by atoms with Gasteiger partial charge in [0.1, 0.15) is 0 Å². The minimum absolute atomic E-state index is 0.0915. The largest absolute Gasteiger partial charge is 0.337 e. The molecule has 0 saturated carbocycles. The van der Waals surface area contributed by atoms with Gasteiger partial charge in [0.25, 0.3) is 0 Å². The lowest BCUT2D eigenvalue weighted by Crippen LogP contribution is -2.41. The number of rotatable bonds is 5. The molecule has 2 aliphatic rings. The third-order valence-electron chi connectivity index (χ3n) is 5.17. The number of hydrogen-bond acceptors (Lipinski definition) is 6. The average Bonchev–Trinajstić information content (AvgIpc) is 3.14. The lowest BCUT2D eigenvalue weighted by Gasteiger charge is -2.33. The molecule has 1 unspecified atom stereocenters. The molecule has 0 radical (unpaired) electrons. The first kappa shape index (κ1) is 17.4. The van der Waals surface area contributed by atoms with E-state index in [4.69, 9.17) is 4.52 Å². The first-order chi connectivity index (χ1) is 11.5. The highest BCUT2D eigenvalue weighted by molar-refractivity contribution is 5.82. The summed E-state index contributed by atoms with van der Waals surface area (Å²) in [4.78, 5) is 18.8. The highest BCUT2D eigenvalue weighted by atomic mass is 16.5. The van der Waals surface area contributed by atoms with E-state index in [9.17, 15) is 4.79 Å². The van der Waals surface area contributed by atoms with E-state index in [1.165, 1.54) is 0 Å². The van der Waals surface area contributed by atoms with Crippen molar-refractivity contribution in [2.75, 3.05) is 26.7 Å². The molecule has 3 rings (SSSR count). The molecule has 0 aromatic carbocycles. The predicted octanol–water partition coefficient (Wildman–Crippen LogP) is 0.958. The number of carbonyl (C=O) groups excluding carboxylic acids is 1. The Kier molecular flexibility index (Phi) is 5.20. The zero-order chi connectivity index (χ0) is 17.2. The number of piperidine rings is 1. The SMILES string of the molecule is CC(C)Cc1noc(CN(C)C(=O)C2CC3(CCNCC3)CN2)n1. The summed E-state index contributed by atoms with van der Waals surface area (Å²) in [5, 5.41) is 10.8. The van der Waals surface area contributed by atoms with Gasteiger partial charge in [-0.3, -0.25) is 4.79 Å². The van der Waals surface area contributed by atoms with Gasteiger partial charge >= 0.3 is 0 Å². The van der Waals surface area contributed by atoms with Gasteiger partial charge in [-0.05, 0) is 43.7 Å². The molecule has 7 heteroatoms. The zero-order valence-corrected chi connectivity index (χ0v) is 15.0. The molecule has 134 valence electrons. The highest BCUT2D eigenvalue weighted by Crippen LogP contribution is 2.37. The van der Waals surface area contributed by atoms with Gasteiger partial charge < -0.3 is 20.1 Å². The lowest BCUT2D eigenvalue weighted by molar-refractivity contribution is -0.132. The Bertz CT molecular complexity index is 565. The fraction of sp³-hybridized carbons (Fsp3) is 0.824. The molecule has 1 aromatic rings. The van der Waals surface area contributed by atoms with E-state index in [0.29, 0.717) is 29.6 Å². The van der Waals surface area contributed by atoms with Gasteiger partial charge in [0.15, 0.2) is 5.82 Å². The molecule has 24 heavy (non-hydrogen) atoms. The Balaban J connectivity index is 1.54. The van der Waals surface area contributed by atoms with Crippen LogP contribution in [0.5, 0.6) is 0 Å². The van der Waals surface area contributed by atoms with Crippen molar-refractivity contribution in [3.63, 3.8) is 0 Å². The molecule has 1 aromatic heterocycles. The van der Waals surface area contributed by atoms with Crippen molar-refractivity contribution in [3.05, 3.63) is 11.7 Å². The summed E-state index contributed by atoms with van der Waals surface area (Å²) in [6.07, 6.45) is 4.02. The molecule has 7 nitrogen and oxygen atoms in total. The monoisotopic (exact) mass is 335 g/mol. The fourth-order valence-electron chi connectivity index (χ4n) is 3.78. The smallest absolute Gasteiger partial charge is 0.246 e. The van der Waals surface area contributed by atoms with Crippen molar-refractivity contribution >= 4 is 5.91 Å². The third kappa shape index (κ3) is 3.95. The predicted molar refractivity (Wildman–Crippen MR) is 90.3 cm³/mol. The first-order valence-corrected chi connectivity index (χ1v) is 8.98. The lowest BCUT2D eigenvalue weighted by atomic mass is 9.77. The van der Waals surface area contributed by atoms with Crippen molar-refractivity contribution in [1.82, 2.24) is 25.7 Å². The van der Waals surface area contributed by atoms with Gasteiger partial charge in [-0.1, -0.05) is 19.0 Å². The van der Waals surface area contributed by atoms with Gasteiger partial charge in [-0.2, -0.15) is 4.98 Å². The molecule has 1 amide bonds. The third-order valence-corrected chi connectivity index (χ3v) is 5.17. The second kappa shape index (κ2) is 7.19. The Hall–Kier alpha value is -1.47. The van der Waals surface area contributed by atoms with E-state index >= 15 is 0 Å². The van der Waals surface area contributed by atoms with Crippen LogP contribution in [0.15, 0.2) is 4.52 Å². The quantitative estimate of drug-likeness (QED) is 0.834. The number of carbonyl (C=O) groups is 1. The number of amides is 1. The molecule has 0 aliphatic carbocycles. The molecule has 2 saturated heterocycles. The van der Waals surface area contributed by atoms with Crippen LogP contribution >= 0.6 is 0 Å². The Labute approximate surface area is 143 Å². The van der Waals surface area contributed by atoms with Crippen LogP contribution in [0.25, 0.3) is 0 Å². The van der Waals surface area contributed by atoms with Crippen LogP contribution in [0.2, 0.25) is 0 Å². The highest BCUT2D eigenvalue weighted by Gasteiger charge is 2.42. The second-order valence-corrected chi connectivity index (χ2v) is 7.78. The van der Waals surface area contributed by atoms with Gasteiger partial charge in [0.05, 0.1) is 12.6 Å². The number of nitrogens with zero attached hydrogens (tertiary/aromatic N) is 3. The summed E-state index contributed by atoms with van der Waals surface area (Å²) in [6.45, 7) is 7.66. The van der Waals surface area contributed by atoms with Gasteiger partial charge in [0, 0.05) is 20.0 Å². The number of hydrogen-bond donors (Lipinski definition) is 2. The van der Waals surface area contributed by atoms with Crippen LogP contribution < -0.4 is 10.6 Å². The van der Waals surface area contributed by atoms with Crippen LogP contribution in [0, 0.1) is 11.3 Å². The van der Waals surface area contributed by atoms with E-state index in [2.05, 4.69) is 34.6 Å². The van der Waals surface area contributed by atoms with E-state index in [-0.39, 0.29) is 11.9 Å². The minimum Gasteiger partial charge on any atom is -0.337 e. The van der Waals surface area contributed by atoms with Crippen molar-refractivity contribution in [2.24, 2.45) is 11.3 Å². The van der Waals surface area contributed by atoms with E-state index in [0.717, 1.165) is 45.3 Å². The summed E-state index contributed by atoms with van der Waals surface area (Å²) < 4.78 is 5.28. The zero-order valence-electron chi connectivity index (χ0n) is 15.0. The minimum atomic E-state index is -0.0915. The van der Waals surface area contributed by atoms with Gasteiger partial charge in [-0.15, -0.1) is 0 Å². The Morgan fingerprint density at radius 1 is 1.42 bits per heavy atom. The van der Waals surface area contributed by atoms with Crippen molar-refractivity contribution in [2.45, 2.75) is 52.1 Å². The standard InChI is InChI=1S/C17H29N5O2/c1-12(2)8-14-20-15(24-21-14)10-22(3)16(23)13-9-17(11-19-13)4-6-18-7-5-17/h12-13,18-19H,4-11H2,1-3H3. The van der Waals surface area contributed by atoms with Crippen molar-refractivity contribution in [1.29, 1.82) is 0 Å². The van der Waals surface area contributed by atoms with E-state index in [1.807, 2.05) is 7.05 Å². The molecule has 2 N–H and O–H groups in total. The van der Waals surface area contributed by atoms with Gasteiger partial charge in [0.2, 0.25) is 11.8 Å². The molecular weight excluding hydrogens is 306 g/mol. The normalized spacial score (nSPS) is 23.1. The first-order valence-electron chi connectivity index (χ1n) is 8.98. The van der Waals surface area contributed by atoms with Gasteiger partial charge in [-0.25, -0.2) is 0 Å². The molecule has 3 heterocycles. The summed E-state index contributed by atoms with van der Waals surface area (Å²) in [5.74, 6) is 1.83. The Morgan fingerprint density at radius 2 is 2.17 bits per heavy atom.